The molecule has 1 aromatic carbocycles. The number of aliphatic carboxylic acids is 1. The van der Waals surface area contributed by atoms with E-state index >= 15 is 0 Å². The lowest BCUT2D eigenvalue weighted by Gasteiger charge is -2.05. The Morgan fingerprint density at radius 1 is 1.41 bits per heavy atom. The summed E-state index contributed by atoms with van der Waals surface area (Å²) in [7, 11) is 0. The molecule has 0 heterocycles. The molecule has 0 bridgehead atoms. The molecule has 2 rings (SSSR count). The van der Waals surface area contributed by atoms with Gasteiger partial charge in [0.1, 0.15) is 5.82 Å². The van der Waals surface area contributed by atoms with Crippen molar-refractivity contribution in [3.63, 3.8) is 0 Å². The standard InChI is InChI=1S/C11H9BrFNO3/c12-8-2-1-5(3-9(8)13)14-10(15)6-4-7(6)11(16)17/h1-3,6-7H,4H2,(H,14,15)(H,16,17)/t6-,7+/m1/s1. The fourth-order valence-electron chi connectivity index (χ4n) is 1.57. The zero-order chi connectivity index (χ0) is 12.6. The Kier molecular flexibility index (Phi) is 3.15. The van der Waals surface area contributed by atoms with Gasteiger partial charge in [0.05, 0.1) is 16.3 Å². The van der Waals surface area contributed by atoms with E-state index in [4.69, 9.17) is 5.11 Å². The zero-order valence-corrected chi connectivity index (χ0v) is 10.2. The predicted octanol–water partition coefficient (Wildman–Crippen LogP) is 2.25. The zero-order valence-electron chi connectivity index (χ0n) is 8.61. The highest BCUT2D eigenvalue weighted by atomic mass is 79.9. The maximum atomic E-state index is 13.2. The van der Waals surface area contributed by atoms with Crippen LogP contribution in [0.5, 0.6) is 0 Å². The first-order chi connectivity index (χ1) is 7.99. The number of carbonyl (C=O) groups is 2. The van der Waals surface area contributed by atoms with Gasteiger partial charge in [-0.1, -0.05) is 0 Å². The number of carbonyl (C=O) groups excluding carboxylic acids is 1. The number of carboxylic acids is 1. The fourth-order valence-corrected chi connectivity index (χ4v) is 1.81. The second-order valence-corrected chi connectivity index (χ2v) is 4.76. The third kappa shape index (κ3) is 2.63. The number of halogens is 2. The summed E-state index contributed by atoms with van der Waals surface area (Å²) in [5.41, 5.74) is 0.326. The van der Waals surface area contributed by atoms with Gasteiger partial charge in [0.25, 0.3) is 0 Å². The third-order valence-corrected chi connectivity index (χ3v) is 3.27. The molecule has 0 saturated heterocycles. The number of rotatable bonds is 3. The topological polar surface area (TPSA) is 66.4 Å². The highest BCUT2D eigenvalue weighted by Crippen LogP contribution is 2.39. The van der Waals surface area contributed by atoms with Crippen molar-refractivity contribution < 1.29 is 19.1 Å². The van der Waals surface area contributed by atoms with Gasteiger partial charge in [-0.05, 0) is 40.5 Å². The summed E-state index contributed by atoms with van der Waals surface area (Å²) in [6.45, 7) is 0. The predicted molar refractivity (Wildman–Crippen MR) is 62.0 cm³/mol. The largest absolute Gasteiger partial charge is 0.481 e. The highest BCUT2D eigenvalue weighted by molar-refractivity contribution is 9.10. The first kappa shape index (κ1) is 12.0. The third-order valence-electron chi connectivity index (χ3n) is 2.63. The van der Waals surface area contributed by atoms with Crippen LogP contribution in [0.15, 0.2) is 22.7 Å². The molecular formula is C11H9BrFNO3. The molecule has 2 atom stereocenters. The lowest BCUT2D eigenvalue weighted by molar-refractivity contribution is -0.139. The van der Waals surface area contributed by atoms with Crippen molar-refractivity contribution in [2.75, 3.05) is 5.32 Å². The minimum atomic E-state index is -0.966. The van der Waals surface area contributed by atoms with E-state index in [-0.39, 0.29) is 5.91 Å². The molecular weight excluding hydrogens is 293 g/mol. The molecule has 0 spiro atoms. The molecule has 1 aromatic rings. The molecule has 1 aliphatic rings. The maximum Gasteiger partial charge on any atom is 0.307 e. The number of carboxylic acid groups (broad SMARTS) is 1. The van der Waals surface area contributed by atoms with Crippen LogP contribution >= 0.6 is 15.9 Å². The van der Waals surface area contributed by atoms with Gasteiger partial charge in [0, 0.05) is 5.69 Å². The van der Waals surface area contributed by atoms with Crippen molar-refractivity contribution >= 4 is 33.5 Å². The Hall–Kier alpha value is -1.43. The molecule has 4 nitrogen and oxygen atoms in total. The molecule has 0 radical (unpaired) electrons. The normalized spacial score (nSPS) is 22.0. The van der Waals surface area contributed by atoms with Crippen molar-refractivity contribution in [2.45, 2.75) is 6.42 Å². The van der Waals surface area contributed by atoms with Gasteiger partial charge < -0.3 is 10.4 Å². The molecule has 17 heavy (non-hydrogen) atoms. The summed E-state index contributed by atoms with van der Waals surface area (Å²) >= 11 is 3.00. The lowest BCUT2D eigenvalue weighted by Crippen LogP contribution is -2.16. The van der Waals surface area contributed by atoms with Crippen molar-refractivity contribution in [2.24, 2.45) is 11.8 Å². The molecule has 0 aromatic heterocycles. The van der Waals surface area contributed by atoms with Crippen molar-refractivity contribution in [1.82, 2.24) is 0 Å². The number of hydrogen-bond acceptors (Lipinski definition) is 2. The second kappa shape index (κ2) is 4.44. The minimum Gasteiger partial charge on any atom is -0.481 e. The Labute approximate surface area is 105 Å². The van der Waals surface area contributed by atoms with E-state index in [9.17, 15) is 14.0 Å². The van der Waals surface area contributed by atoms with Crippen LogP contribution in [0.3, 0.4) is 0 Å². The summed E-state index contributed by atoms with van der Waals surface area (Å²) in [5.74, 6) is -2.92. The molecule has 2 N–H and O–H groups in total. The van der Waals surface area contributed by atoms with Crippen molar-refractivity contribution in [3.8, 4) is 0 Å². The van der Waals surface area contributed by atoms with E-state index in [2.05, 4.69) is 21.2 Å². The molecule has 1 fully saturated rings. The van der Waals surface area contributed by atoms with Crippen molar-refractivity contribution in [3.05, 3.63) is 28.5 Å². The van der Waals surface area contributed by atoms with Gasteiger partial charge in [-0.2, -0.15) is 0 Å². The van der Waals surface area contributed by atoms with E-state index in [1.165, 1.54) is 12.1 Å². The Bertz CT molecular complexity index is 492. The van der Waals surface area contributed by atoms with Crippen LogP contribution in [0.4, 0.5) is 10.1 Å². The van der Waals surface area contributed by atoms with Gasteiger partial charge in [-0.15, -0.1) is 0 Å². The Morgan fingerprint density at radius 3 is 2.65 bits per heavy atom. The fraction of sp³-hybridized carbons (Fsp3) is 0.273. The average molecular weight is 302 g/mol. The highest BCUT2D eigenvalue weighted by Gasteiger charge is 2.48. The smallest absolute Gasteiger partial charge is 0.307 e. The van der Waals surface area contributed by atoms with E-state index < -0.39 is 23.6 Å². The maximum absolute atomic E-state index is 13.2. The number of benzene rings is 1. The van der Waals surface area contributed by atoms with Crippen LogP contribution in [0.2, 0.25) is 0 Å². The van der Waals surface area contributed by atoms with Gasteiger partial charge in [0.2, 0.25) is 5.91 Å². The molecule has 6 heteroatoms. The molecule has 90 valence electrons. The summed E-state index contributed by atoms with van der Waals surface area (Å²) < 4.78 is 13.5. The van der Waals surface area contributed by atoms with Gasteiger partial charge in [0.15, 0.2) is 0 Å². The van der Waals surface area contributed by atoms with Crippen molar-refractivity contribution in [1.29, 1.82) is 0 Å². The summed E-state index contributed by atoms with van der Waals surface area (Å²) in [6, 6.07) is 4.20. The summed E-state index contributed by atoms with van der Waals surface area (Å²) in [4.78, 5) is 22.2. The number of anilines is 1. The molecule has 0 aliphatic heterocycles. The number of amides is 1. The van der Waals surface area contributed by atoms with Crippen LogP contribution in [0.1, 0.15) is 6.42 Å². The minimum absolute atomic E-state index is 0.310. The van der Waals surface area contributed by atoms with Gasteiger partial charge in [-0.25, -0.2) is 4.39 Å². The van der Waals surface area contributed by atoms with Crippen LogP contribution in [0.25, 0.3) is 0 Å². The van der Waals surface area contributed by atoms with Crippen LogP contribution in [0, 0.1) is 17.7 Å². The Morgan fingerprint density at radius 2 is 2.12 bits per heavy atom. The van der Waals surface area contributed by atoms with Crippen LogP contribution < -0.4 is 5.32 Å². The molecule has 1 saturated carbocycles. The van der Waals surface area contributed by atoms with E-state index in [0.29, 0.717) is 16.6 Å². The monoisotopic (exact) mass is 301 g/mol. The molecule has 1 aliphatic carbocycles. The van der Waals surface area contributed by atoms with E-state index in [1.54, 1.807) is 6.07 Å². The Balaban J connectivity index is 2.00. The molecule has 0 unspecified atom stereocenters. The van der Waals surface area contributed by atoms with Gasteiger partial charge in [-0.3, -0.25) is 9.59 Å². The second-order valence-electron chi connectivity index (χ2n) is 3.91. The lowest BCUT2D eigenvalue weighted by atomic mass is 10.2. The van der Waals surface area contributed by atoms with E-state index in [1.807, 2.05) is 0 Å². The summed E-state index contributed by atoms with van der Waals surface area (Å²) in [5, 5.41) is 11.2. The van der Waals surface area contributed by atoms with Crippen LogP contribution in [-0.2, 0) is 9.59 Å². The summed E-state index contributed by atoms with van der Waals surface area (Å²) in [6.07, 6.45) is 0.347. The number of hydrogen-bond donors (Lipinski definition) is 2. The first-order valence-electron chi connectivity index (χ1n) is 4.98. The van der Waals surface area contributed by atoms with Crippen LogP contribution in [-0.4, -0.2) is 17.0 Å². The average Bonchev–Trinajstić information content (AvgIpc) is 3.03. The van der Waals surface area contributed by atoms with E-state index in [0.717, 1.165) is 0 Å². The number of nitrogens with one attached hydrogen (secondary N) is 1. The van der Waals surface area contributed by atoms with Gasteiger partial charge >= 0.3 is 5.97 Å². The SMILES string of the molecule is O=C(O)[C@H]1C[C@H]1C(=O)Nc1ccc(Br)c(F)c1. The quantitative estimate of drug-likeness (QED) is 0.900. The first-order valence-corrected chi connectivity index (χ1v) is 5.77. The molecule has 1 amide bonds.